The zero-order chi connectivity index (χ0) is 15.8. The minimum Gasteiger partial charge on any atom is -0.494 e. The summed E-state index contributed by atoms with van der Waals surface area (Å²) >= 11 is 5.30. The Balaban J connectivity index is 0.00000264. The summed E-state index contributed by atoms with van der Waals surface area (Å²) in [5.41, 5.74) is 1.82. The van der Waals surface area contributed by atoms with Gasteiger partial charge in [-0.1, -0.05) is 0 Å². The van der Waals surface area contributed by atoms with Gasteiger partial charge in [-0.15, -0.1) is 0 Å². The van der Waals surface area contributed by atoms with E-state index in [2.05, 4.69) is 10.6 Å². The van der Waals surface area contributed by atoms with Crippen LogP contribution in [-0.2, 0) is 0 Å². The minimum atomic E-state index is 0. The van der Waals surface area contributed by atoms with Gasteiger partial charge < -0.3 is 20.1 Å². The second-order valence-corrected chi connectivity index (χ2v) is 4.90. The van der Waals surface area contributed by atoms with Gasteiger partial charge in [0.1, 0.15) is 11.5 Å². The van der Waals surface area contributed by atoms with Gasteiger partial charge in [0.2, 0.25) is 0 Å². The second kappa shape index (κ2) is 10.7. The molecule has 6 heteroatoms. The predicted molar refractivity (Wildman–Crippen MR) is 95.1 cm³/mol. The summed E-state index contributed by atoms with van der Waals surface area (Å²) in [6.45, 7) is 5.24. The van der Waals surface area contributed by atoms with Crippen molar-refractivity contribution in [3.05, 3.63) is 48.5 Å². The smallest absolute Gasteiger partial charge is 0.175 e. The largest absolute Gasteiger partial charge is 0.494 e. The van der Waals surface area contributed by atoms with E-state index in [1.807, 2.05) is 62.4 Å². The first-order valence-electron chi connectivity index (χ1n) is 7.25. The Labute approximate surface area is 170 Å². The fourth-order valence-electron chi connectivity index (χ4n) is 1.90. The third-order valence-corrected chi connectivity index (χ3v) is 3.05. The number of hydrogen-bond acceptors (Lipinski definition) is 3. The van der Waals surface area contributed by atoms with Crippen molar-refractivity contribution in [3.8, 4) is 11.5 Å². The third-order valence-electron chi connectivity index (χ3n) is 2.85. The molecule has 0 fully saturated rings. The van der Waals surface area contributed by atoms with E-state index in [1.165, 1.54) is 0 Å². The van der Waals surface area contributed by atoms with Gasteiger partial charge in [0.15, 0.2) is 5.11 Å². The molecular weight excluding hydrogens is 435 g/mol. The predicted octanol–water partition coefficient (Wildman–Crippen LogP) is 4.29. The summed E-state index contributed by atoms with van der Waals surface area (Å²) in [5.74, 6) is 1.69. The number of thiocarbonyl (C=S) groups is 1. The molecule has 2 rings (SSSR count). The Hall–Kier alpha value is -1.08. The fraction of sp³-hybridized carbons (Fsp3) is 0.235. The topological polar surface area (TPSA) is 42.5 Å². The molecule has 0 saturated heterocycles. The normalized spacial score (nSPS) is 9.48. The van der Waals surface area contributed by atoms with Crippen LogP contribution in [-0.4, -0.2) is 18.3 Å². The van der Waals surface area contributed by atoms with Crippen molar-refractivity contribution in [2.75, 3.05) is 23.8 Å². The number of hydrogen-bond donors (Lipinski definition) is 2. The maximum absolute atomic E-state index is 5.40. The van der Waals surface area contributed by atoms with Gasteiger partial charge in [0.25, 0.3) is 0 Å². The Kier molecular flexibility index (Phi) is 9.25. The Bertz CT molecular complexity index is 549. The van der Waals surface area contributed by atoms with Crippen molar-refractivity contribution in [2.45, 2.75) is 13.8 Å². The van der Waals surface area contributed by atoms with Crippen molar-refractivity contribution < 1.29 is 45.1 Å². The molecule has 2 aromatic carbocycles. The van der Waals surface area contributed by atoms with Gasteiger partial charge in [0.05, 0.1) is 13.2 Å². The average Bonchev–Trinajstić information content (AvgIpc) is 2.52. The monoisotopic (exact) mass is 455 g/mol. The van der Waals surface area contributed by atoms with Gasteiger partial charge in [-0.2, -0.15) is 0 Å². The first kappa shape index (κ1) is 20.0. The molecule has 0 saturated carbocycles. The maximum Gasteiger partial charge on any atom is 0.175 e. The summed E-state index contributed by atoms with van der Waals surface area (Å²) in [6, 6.07) is 15.3. The van der Waals surface area contributed by atoms with E-state index in [1.54, 1.807) is 0 Å². The van der Waals surface area contributed by atoms with E-state index in [4.69, 9.17) is 21.7 Å². The molecule has 0 atom stereocenters. The van der Waals surface area contributed by atoms with Gasteiger partial charge in [-0.25, -0.2) is 0 Å². The van der Waals surface area contributed by atoms with Crippen molar-refractivity contribution >= 4 is 28.7 Å². The molecule has 0 bridgehead atoms. The fourth-order valence-corrected chi connectivity index (χ4v) is 2.13. The molecular formula is C17H20LaN2O2S. The molecule has 2 N–H and O–H groups in total. The van der Waals surface area contributed by atoms with E-state index in [9.17, 15) is 0 Å². The van der Waals surface area contributed by atoms with Crippen LogP contribution >= 0.6 is 12.2 Å². The molecule has 0 heterocycles. The van der Waals surface area contributed by atoms with Crippen LogP contribution in [0.4, 0.5) is 11.4 Å². The number of nitrogens with one attached hydrogen (secondary N) is 2. The molecule has 119 valence electrons. The van der Waals surface area contributed by atoms with Gasteiger partial charge >= 0.3 is 0 Å². The Morgan fingerprint density at radius 1 is 0.783 bits per heavy atom. The molecule has 0 spiro atoms. The molecule has 2 aromatic rings. The van der Waals surface area contributed by atoms with Crippen LogP contribution in [0.3, 0.4) is 0 Å². The van der Waals surface area contributed by atoms with Crippen molar-refractivity contribution in [3.63, 3.8) is 0 Å². The molecule has 1 radical (unpaired) electrons. The van der Waals surface area contributed by atoms with E-state index >= 15 is 0 Å². The van der Waals surface area contributed by atoms with E-state index < -0.39 is 0 Å². The van der Waals surface area contributed by atoms with Crippen LogP contribution in [0.25, 0.3) is 0 Å². The summed E-state index contributed by atoms with van der Waals surface area (Å²) in [4.78, 5) is 0. The second-order valence-electron chi connectivity index (χ2n) is 4.49. The summed E-state index contributed by atoms with van der Waals surface area (Å²) < 4.78 is 10.8. The van der Waals surface area contributed by atoms with Crippen LogP contribution in [0.2, 0.25) is 0 Å². The van der Waals surface area contributed by atoms with Crippen LogP contribution in [0.1, 0.15) is 13.8 Å². The van der Waals surface area contributed by atoms with E-state index in [-0.39, 0.29) is 35.6 Å². The number of benzene rings is 2. The van der Waals surface area contributed by atoms with Crippen molar-refractivity contribution in [1.29, 1.82) is 0 Å². The van der Waals surface area contributed by atoms with Crippen molar-refractivity contribution in [2.24, 2.45) is 0 Å². The molecule has 4 nitrogen and oxygen atoms in total. The standard InChI is InChI=1S/C17H20N2O2S.La/c1-3-20-15-9-5-13(6-10-15)18-17(22)19-14-7-11-16(12-8-14)21-4-2;/h5-12H,3-4H2,1-2H3,(H2,18,19,22);. The summed E-state index contributed by atoms with van der Waals surface area (Å²) in [5, 5.41) is 6.80. The number of ether oxygens (including phenoxy) is 2. The molecule has 0 aliphatic carbocycles. The van der Waals surface area contributed by atoms with Crippen LogP contribution < -0.4 is 20.1 Å². The average molecular weight is 455 g/mol. The summed E-state index contributed by atoms with van der Waals surface area (Å²) in [6.07, 6.45) is 0. The summed E-state index contributed by atoms with van der Waals surface area (Å²) in [7, 11) is 0. The SMILES string of the molecule is CCOc1ccc(NC(=S)Nc2ccc(OCC)cc2)cc1.[La]. The zero-order valence-electron chi connectivity index (χ0n) is 13.3. The molecule has 0 aromatic heterocycles. The van der Waals surface area contributed by atoms with Crippen molar-refractivity contribution in [1.82, 2.24) is 0 Å². The maximum atomic E-state index is 5.40. The van der Waals surface area contributed by atoms with Gasteiger partial charge in [-0.3, -0.25) is 0 Å². The van der Waals surface area contributed by atoms with Crippen LogP contribution in [0, 0.1) is 35.6 Å². The molecule has 0 aliphatic rings. The number of rotatable bonds is 6. The van der Waals surface area contributed by atoms with Gasteiger partial charge in [-0.05, 0) is 74.6 Å². The quantitative estimate of drug-likeness (QED) is 0.637. The van der Waals surface area contributed by atoms with Crippen LogP contribution in [0.15, 0.2) is 48.5 Å². The van der Waals surface area contributed by atoms with E-state index in [0.717, 1.165) is 22.9 Å². The molecule has 0 unspecified atom stereocenters. The Morgan fingerprint density at radius 3 is 1.43 bits per heavy atom. The Morgan fingerprint density at radius 2 is 1.13 bits per heavy atom. The molecule has 23 heavy (non-hydrogen) atoms. The van der Waals surface area contributed by atoms with E-state index in [0.29, 0.717) is 18.3 Å². The third kappa shape index (κ3) is 6.91. The number of anilines is 2. The first-order valence-corrected chi connectivity index (χ1v) is 7.65. The molecule has 0 amide bonds. The zero-order valence-corrected chi connectivity index (χ0v) is 17.8. The molecule has 0 aliphatic heterocycles. The van der Waals surface area contributed by atoms with Crippen LogP contribution in [0.5, 0.6) is 11.5 Å². The first-order chi connectivity index (χ1) is 10.7. The minimum absolute atomic E-state index is 0. The van der Waals surface area contributed by atoms with Gasteiger partial charge in [0, 0.05) is 47.0 Å².